The summed E-state index contributed by atoms with van der Waals surface area (Å²) in [5.41, 5.74) is -0.174. The molecule has 1 aliphatic carbocycles. The van der Waals surface area contributed by atoms with Crippen LogP contribution in [0.25, 0.3) is 0 Å². The topological polar surface area (TPSA) is 54.1 Å². The summed E-state index contributed by atoms with van der Waals surface area (Å²) in [6.07, 6.45) is 2.19. The zero-order valence-corrected chi connectivity index (χ0v) is 11.4. The molecular formula is C15H14F2N4. The summed E-state index contributed by atoms with van der Waals surface area (Å²) in [5.74, 6) is -1.49. The fraction of sp³-hybridized carbons (Fsp3) is 0.467. The lowest BCUT2D eigenvalue weighted by Gasteiger charge is -2.39. The van der Waals surface area contributed by atoms with Crippen molar-refractivity contribution >= 4 is 5.69 Å². The molecule has 0 aromatic heterocycles. The lowest BCUT2D eigenvalue weighted by molar-refractivity contribution is 0.203. The van der Waals surface area contributed by atoms with Gasteiger partial charge >= 0.3 is 0 Å². The van der Waals surface area contributed by atoms with E-state index in [0.29, 0.717) is 19.1 Å². The number of hydrogen-bond donors (Lipinski definition) is 0. The minimum atomic E-state index is -0.747. The minimum Gasteiger partial charge on any atom is -0.363 e. The van der Waals surface area contributed by atoms with Gasteiger partial charge in [-0.3, -0.25) is 4.90 Å². The van der Waals surface area contributed by atoms with Crippen LogP contribution in [0.15, 0.2) is 12.1 Å². The molecule has 2 fully saturated rings. The summed E-state index contributed by atoms with van der Waals surface area (Å²) in [4.78, 5) is 3.69. The molecule has 1 aromatic rings. The summed E-state index contributed by atoms with van der Waals surface area (Å²) in [5, 5.41) is 18.0. The van der Waals surface area contributed by atoms with E-state index in [0.717, 1.165) is 25.0 Å². The van der Waals surface area contributed by atoms with Gasteiger partial charge in [-0.2, -0.15) is 10.5 Å². The molecule has 1 aromatic carbocycles. The highest BCUT2D eigenvalue weighted by atomic mass is 19.1. The highest BCUT2D eigenvalue weighted by molar-refractivity contribution is 5.53. The number of halogens is 2. The Morgan fingerprint density at radius 2 is 1.76 bits per heavy atom. The molecule has 1 aliphatic heterocycles. The maximum absolute atomic E-state index is 14.1. The Labute approximate surface area is 121 Å². The van der Waals surface area contributed by atoms with E-state index in [9.17, 15) is 14.0 Å². The molecule has 0 amide bonds. The Bertz CT molecular complexity index is 619. The highest BCUT2D eigenvalue weighted by Crippen LogP contribution is 2.32. The molecule has 1 atom stereocenters. The number of benzene rings is 1. The summed E-state index contributed by atoms with van der Waals surface area (Å²) in [7, 11) is 0. The van der Waals surface area contributed by atoms with Crippen LogP contribution in [0.2, 0.25) is 0 Å². The van der Waals surface area contributed by atoms with Gasteiger partial charge in [-0.25, -0.2) is 8.78 Å². The third-order valence-corrected chi connectivity index (χ3v) is 4.05. The van der Waals surface area contributed by atoms with E-state index in [4.69, 9.17) is 5.26 Å². The van der Waals surface area contributed by atoms with Crippen molar-refractivity contribution in [3.63, 3.8) is 0 Å². The van der Waals surface area contributed by atoms with Crippen molar-refractivity contribution in [2.45, 2.75) is 24.9 Å². The van der Waals surface area contributed by atoms with Gasteiger partial charge in [0.05, 0.1) is 17.7 Å². The van der Waals surface area contributed by atoms with Gasteiger partial charge in [0.25, 0.3) is 0 Å². The molecule has 2 aliphatic rings. The third kappa shape index (κ3) is 2.55. The van der Waals surface area contributed by atoms with Crippen molar-refractivity contribution in [3.05, 3.63) is 29.3 Å². The van der Waals surface area contributed by atoms with Gasteiger partial charge in [0.2, 0.25) is 0 Å². The van der Waals surface area contributed by atoms with Crippen LogP contribution in [-0.4, -0.2) is 36.6 Å². The van der Waals surface area contributed by atoms with Crippen LogP contribution in [-0.2, 0) is 0 Å². The molecule has 1 unspecified atom stereocenters. The van der Waals surface area contributed by atoms with Crippen LogP contribution in [0.5, 0.6) is 0 Å². The van der Waals surface area contributed by atoms with Crippen molar-refractivity contribution in [2.24, 2.45) is 0 Å². The van der Waals surface area contributed by atoms with Crippen LogP contribution < -0.4 is 4.90 Å². The first-order valence-corrected chi connectivity index (χ1v) is 6.93. The molecule has 108 valence electrons. The lowest BCUT2D eigenvalue weighted by Crippen LogP contribution is -2.53. The number of piperazine rings is 1. The Balaban J connectivity index is 1.85. The van der Waals surface area contributed by atoms with Gasteiger partial charge in [0.15, 0.2) is 11.6 Å². The second kappa shape index (κ2) is 5.31. The van der Waals surface area contributed by atoms with Gasteiger partial charge in [0, 0.05) is 25.7 Å². The fourth-order valence-corrected chi connectivity index (χ4v) is 2.89. The second-order valence-electron chi connectivity index (χ2n) is 5.46. The molecule has 3 rings (SSSR count). The molecular weight excluding hydrogens is 274 g/mol. The molecule has 0 N–H and O–H groups in total. The Morgan fingerprint density at radius 1 is 1.10 bits per heavy atom. The molecule has 6 heteroatoms. The van der Waals surface area contributed by atoms with Crippen LogP contribution in [0.4, 0.5) is 14.5 Å². The lowest BCUT2D eigenvalue weighted by atomic mass is 10.1. The van der Waals surface area contributed by atoms with Crippen LogP contribution >= 0.6 is 0 Å². The normalized spacial score (nSPS) is 22.7. The first kappa shape index (κ1) is 13.8. The van der Waals surface area contributed by atoms with Gasteiger partial charge < -0.3 is 4.90 Å². The standard InChI is InChI=1S/C15H14F2N4/c16-13-5-10(7-18)6-14(17)15(13)20-3-4-21(11-1-2-11)12(8-19)9-20/h5-6,11-12H,1-4,9H2. The zero-order valence-electron chi connectivity index (χ0n) is 11.4. The minimum absolute atomic E-state index is 0.0396. The van der Waals surface area contributed by atoms with Crippen molar-refractivity contribution in [3.8, 4) is 12.1 Å². The first-order chi connectivity index (χ1) is 10.1. The van der Waals surface area contributed by atoms with E-state index in [1.54, 1.807) is 11.0 Å². The number of rotatable bonds is 2. The number of nitriles is 2. The van der Waals surface area contributed by atoms with Crippen molar-refractivity contribution < 1.29 is 8.78 Å². The third-order valence-electron chi connectivity index (χ3n) is 4.05. The molecule has 1 heterocycles. The molecule has 1 saturated heterocycles. The highest BCUT2D eigenvalue weighted by Gasteiger charge is 2.38. The summed E-state index contributed by atoms with van der Waals surface area (Å²) in [6, 6.07) is 6.13. The number of nitrogens with zero attached hydrogens (tertiary/aromatic N) is 4. The Morgan fingerprint density at radius 3 is 2.29 bits per heavy atom. The van der Waals surface area contributed by atoms with E-state index >= 15 is 0 Å². The van der Waals surface area contributed by atoms with Gasteiger partial charge in [-0.05, 0) is 25.0 Å². The average Bonchev–Trinajstić information content (AvgIpc) is 3.30. The summed E-state index contributed by atoms with van der Waals surface area (Å²) in [6.45, 7) is 1.39. The van der Waals surface area contributed by atoms with Gasteiger partial charge in [-0.15, -0.1) is 0 Å². The fourth-order valence-electron chi connectivity index (χ4n) is 2.89. The number of hydrogen-bond acceptors (Lipinski definition) is 4. The summed E-state index contributed by atoms with van der Waals surface area (Å²) < 4.78 is 28.1. The molecule has 0 spiro atoms. The first-order valence-electron chi connectivity index (χ1n) is 6.93. The van der Waals surface area contributed by atoms with Gasteiger partial charge in [0.1, 0.15) is 11.7 Å². The quantitative estimate of drug-likeness (QED) is 0.835. The SMILES string of the molecule is N#Cc1cc(F)c(N2CCN(C3CC3)C(C#N)C2)c(F)c1. The monoisotopic (exact) mass is 288 g/mol. The van der Waals surface area contributed by atoms with E-state index < -0.39 is 11.6 Å². The maximum Gasteiger partial charge on any atom is 0.150 e. The average molecular weight is 288 g/mol. The maximum atomic E-state index is 14.1. The zero-order chi connectivity index (χ0) is 15.0. The van der Waals surface area contributed by atoms with Gasteiger partial charge in [-0.1, -0.05) is 0 Å². The predicted octanol–water partition coefficient (Wildman–Crippen LogP) is 2.01. The Kier molecular flexibility index (Phi) is 3.48. The largest absolute Gasteiger partial charge is 0.363 e. The summed E-state index contributed by atoms with van der Waals surface area (Å²) >= 11 is 0. The van der Waals surface area contributed by atoms with Crippen molar-refractivity contribution in [1.29, 1.82) is 10.5 Å². The molecule has 0 bridgehead atoms. The van der Waals surface area contributed by atoms with Crippen molar-refractivity contribution in [2.75, 3.05) is 24.5 Å². The van der Waals surface area contributed by atoms with E-state index in [-0.39, 0.29) is 23.8 Å². The molecule has 1 saturated carbocycles. The second-order valence-corrected chi connectivity index (χ2v) is 5.46. The van der Waals surface area contributed by atoms with E-state index in [1.165, 1.54) is 0 Å². The molecule has 4 nitrogen and oxygen atoms in total. The molecule has 0 radical (unpaired) electrons. The number of anilines is 1. The molecule has 21 heavy (non-hydrogen) atoms. The Hall–Kier alpha value is -2.18. The van der Waals surface area contributed by atoms with Crippen LogP contribution in [0.3, 0.4) is 0 Å². The van der Waals surface area contributed by atoms with Crippen molar-refractivity contribution in [1.82, 2.24) is 4.90 Å². The predicted molar refractivity (Wildman–Crippen MR) is 72.4 cm³/mol. The van der Waals surface area contributed by atoms with E-state index in [1.807, 2.05) is 0 Å². The smallest absolute Gasteiger partial charge is 0.150 e. The van der Waals surface area contributed by atoms with Crippen LogP contribution in [0.1, 0.15) is 18.4 Å². The van der Waals surface area contributed by atoms with Crippen LogP contribution in [0, 0.1) is 34.3 Å². The van der Waals surface area contributed by atoms with E-state index in [2.05, 4.69) is 11.0 Å².